The molecule has 1 N–H and O–H groups in total. The summed E-state index contributed by atoms with van der Waals surface area (Å²) in [6, 6.07) is 20.1. The fraction of sp³-hybridized carbons (Fsp3) is 0.125. The van der Waals surface area contributed by atoms with Gasteiger partial charge in [0.25, 0.3) is 0 Å². The van der Waals surface area contributed by atoms with Crippen molar-refractivity contribution in [2.45, 2.75) is 12.7 Å². The molecule has 0 saturated heterocycles. The maximum absolute atomic E-state index is 4.26. The summed E-state index contributed by atoms with van der Waals surface area (Å²) in [7, 11) is 0. The van der Waals surface area contributed by atoms with E-state index in [0.29, 0.717) is 6.54 Å². The maximum atomic E-state index is 4.26. The quantitative estimate of drug-likeness (QED) is 0.804. The van der Waals surface area contributed by atoms with E-state index in [4.69, 9.17) is 0 Å². The van der Waals surface area contributed by atoms with Gasteiger partial charge >= 0.3 is 0 Å². The maximum Gasteiger partial charge on any atom is 0.191 e. The zero-order valence-corrected chi connectivity index (χ0v) is 12.3. The van der Waals surface area contributed by atoms with Gasteiger partial charge < -0.3 is 0 Å². The Morgan fingerprint density at radius 2 is 1.70 bits per heavy atom. The van der Waals surface area contributed by atoms with Crippen LogP contribution >= 0.6 is 0 Å². The van der Waals surface area contributed by atoms with Crippen molar-refractivity contribution in [2.75, 3.05) is 5.01 Å². The molecular formula is C16H15N7. The molecule has 0 fully saturated rings. The number of benzene rings is 2. The van der Waals surface area contributed by atoms with Crippen LogP contribution in [0.3, 0.4) is 0 Å². The Balaban J connectivity index is 1.62. The summed E-state index contributed by atoms with van der Waals surface area (Å²) in [4.78, 5) is 0. The van der Waals surface area contributed by atoms with E-state index in [2.05, 4.69) is 38.3 Å². The van der Waals surface area contributed by atoms with Crippen molar-refractivity contribution in [3.8, 4) is 0 Å². The number of hydrazine groups is 1. The molecule has 0 amide bonds. The van der Waals surface area contributed by atoms with Crippen LogP contribution in [-0.2, 0) is 6.54 Å². The summed E-state index contributed by atoms with van der Waals surface area (Å²) < 4.78 is 1.83. The van der Waals surface area contributed by atoms with Crippen molar-refractivity contribution in [2.24, 2.45) is 10.3 Å². The summed E-state index contributed by atoms with van der Waals surface area (Å²) in [5, 5.41) is 18.3. The third-order valence-electron chi connectivity index (χ3n) is 3.68. The van der Waals surface area contributed by atoms with Crippen LogP contribution in [-0.4, -0.2) is 15.0 Å². The average molecular weight is 305 g/mol. The molecule has 1 aliphatic rings. The number of nitrogens with one attached hydrogen (secondary N) is 1. The van der Waals surface area contributed by atoms with Crippen LogP contribution in [0.2, 0.25) is 0 Å². The summed E-state index contributed by atoms with van der Waals surface area (Å²) in [5.41, 5.74) is 5.13. The molecule has 2 aromatic carbocycles. The lowest BCUT2D eigenvalue weighted by atomic mass is 10.2. The Morgan fingerprint density at radius 3 is 2.48 bits per heavy atom. The molecule has 0 saturated carbocycles. The summed E-state index contributed by atoms with van der Waals surface area (Å²) in [6.07, 6.45) is 1.48. The Hall–Kier alpha value is -3.22. The second-order valence-electron chi connectivity index (χ2n) is 5.21. The van der Waals surface area contributed by atoms with Crippen molar-refractivity contribution in [1.82, 2.24) is 20.5 Å². The third kappa shape index (κ3) is 2.64. The van der Waals surface area contributed by atoms with E-state index in [1.54, 1.807) is 6.20 Å². The highest BCUT2D eigenvalue weighted by atomic mass is 15.8. The lowest BCUT2D eigenvalue weighted by Gasteiger charge is -2.22. The van der Waals surface area contributed by atoms with Gasteiger partial charge in [-0.15, -0.1) is 10.2 Å². The van der Waals surface area contributed by atoms with Gasteiger partial charge in [0, 0.05) is 5.56 Å². The smallest absolute Gasteiger partial charge is 0.191 e. The zero-order valence-electron chi connectivity index (χ0n) is 12.3. The van der Waals surface area contributed by atoms with Crippen LogP contribution < -0.4 is 10.5 Å². The molecule has 1 atom stereocenters. The van der Waals surface area contributed by atoms with Crippen LogP contribution in [0, 0.1) is 0 Å². The van der Waals surface area contributed by atoms with E-state index in [1.807, 2.05) is 58.2 Å². The molecule has 0 aliphatic carbocycles. The molecule has 1 aliphatic heterocycles. The standard InChI is InChI=1S/C16H15N7/c1-3-7-13(8-4-1)12-22-15(11-17-20-22)23-16(18-19-21-23)14-9-5-2-6-10-14/h1-11,16H,12H2,(H,18,21). The topological polar surface area (TPSA) is 70.7 Å². The molecule has 1 aromatic heterocycles. The molecule has 7 heteroatoms. The molecule has 1 unspecified atom stereocenters. The van der Waals surface area contributed by atoms with Crippen LogP contribution in [0.25, 0.3) is 0 Å². The van der Waals surface area contributed by atoms with Crippen molar-refractivity contribution in [3.05, 3.63) is 78.0 Å². The molecule has 4 rings (SSSR count). The SMILES string of the molecule is c1ccc(Cn2nncc2N2NN=NC2c2ccccc2)cc1. The molecule has 0 radical (unpaired) electrons. The Morgan fingerprint density at radius 1 is 0.957 bits per heavy atom. The minimum atomic E-state index is -0.232. The highest BCUT2D eigenvalue weighted by Crippen LogP contribution is 2.29. The van der Waals surface area contributed by atoms with Crippen LogP contribution in [0.15, 0.2) is 77.2 Å². The number of rotatable bonds is 4. The Labute approximate surface area is 133 Å². The first-order valence-electron chi connectivity index (χ1n) is 7.34. The minimum absolute atomic E-state index is 0.232. The zero-order chi connectivity index (χ0) is 15.5. The van der Waals surface area contributed by atoms with Gasteiger partial charge in [-0.3, -0.25) is 0 Å². The van der Waals surface area contributed by atoms with Gasteiger partial charge in [-0.25, -0.2) is 9.69 Å². The minimum Gasteiger partial charge on any atom is -0.223 e. The van der Waals surface area contributed by atoms with E-state index in [-0.39, 0.29) is 6.17 Å². The van der Waals surface area contributed by atoms with Crippen molar-refractivity contribution >= 4 is 5.82 Å². The van der Waals surface area contributed by atoms with Gasteiger partial charge in [0.1, 0.15) is 0 Å². The molecule has 0 bridgehead atoms. The van der Waals surface area contributed by atoms with Gasteiger partial charge in [-0.2, -0.15) is 5.53 Å². The fourth-order valence-electron chi connectivity index (χ4n) is 2.56. The highest BCUT2D eigenvalue weighted by Gasteiger charge is 2.27. The predicted octanol–water partition coefficient (Wildman–Crippen LogP) is 2.72. The van der Waals surface area contributed by atoms with Gasteiger partial charge in [-0.1, -0.05) is 71.1 Å². The largest absolute Gasteiger partial charge is 0.223 e. The number of hydrogen-bond acceptors (Lipinski definition) is 6. The fourth-order valence-corrected chi connectivity index (χ4v) is 2.56. The monoisotopic (exact) mass is 305 g/mol. The van der Waals surface area contributed by atoms with Gasteiger partial charge in [0.2, 0.25) is 0 Å². The second-order valence-corrected chi connectivity index (χ2v) is 5.21. The first-order chi connectivity index (χ1) is 11.4. The molecular weight excluding hydrogens is 290 g/mol. The van der Waals surface area contributed by atoms with E-state index in [0.717, 1.165) is 16.9 Å². The van der Waals surface area contributed by atoms with Gasteiger partial charge in [-0.05, 0) is 5.56 Å². The summed E-state index contributed by atoms with van der Waals surface area (Å²) in [6.45, 7) is 0.635. The van der Waals surface area contributed by atoms with Crippen molar-refractivity contribution in [1.29, 1.82) is 0 Å². The van der Waals surface area contributed by atoms with E-state index in [1.165, 1.54) is 0 Å². The normalized spacial score (nSPS) is 16.5. The molecule has 0 spiro atoms. The average Bonchev–Trinajstić information content (AvgIpc) is 3.25. The van der Waals surface area contributed by atoms with Gasteiger partial charge in [0.15, 0.2) is 12.0 Å². The van der Waals surface area contributed by atoms with Gasteiger partial charge in [0.05, 0.1) is 12.7 Å². The number of hydrogen-bond donors (Lipinski definition) is 1. The highest BCUT2D eigenvalue weighted by molar-refractivity contribution is 5.40. The molecule has 3 aromatic rings. The van der Waals surface area contributed by atoms with Crippen LogP contribution in [0.4, 0.5) is 5.82 Å². The summed E-state index contributed by atoms with van der Waals surface area (Å²) in [5.74, 6) is 0.813. The van der Waals surface area contributed by atoms with Crippen molar-refractivity contribution in [3.63, 3.8) is 0 Å². The predicted molar refractivity (Wildman–Crippen MR) is 85.2 cm³/mol. The second kappa shape index (κ2) is 5.88. The lowest BCUT2D eigenvalue weighted by molar-refractivity contribution is 0.583. The van der Waals surface area contributed by atoms with Crippen LogP contribution in [0.1, 0.15) is 17.3 Å². The summed E-state index contributed by atoms with van der Waals surface area (Å²) >= 11 is 0. The Kier molecular flexibility index (Phi) is 3.44. The number of anilines is 1. The lowest BCUT2D eigenvalue weighted by Crippen LogP contribution is -2.34. The van der Waals surface area contributed by atoms with Crippen LogP contribution in [0.5, 0.6) is 0 Å². The van der Waals surface area contributed by atoms with E-state index in [9.17, 15) is 0 Å². The molecule has 7 nitrogen and oxygen atoms in total. The molecule has 2 heterocycles. The third-order valence-corrected chi connectivity index (χ3v) is 3.68. The number of nitrogens with zero attached hydrogens (tertiary/aromatic N) is 6. The molecule has 114 valence electrons. The van der Waals surface area contributed by atoms with Crippen molar-refractivity contribution < 1.29 is 0 Å². The Bertz CT molecular complexity index is 798. The first-order valence-corrected chi connectivity index (χ1v) is 7.34. The first kappa shape index (κ1) is 13.4. The van der Waals surface area contributed by atoms with E-state index < -0.39 is 0 Å². The number of aromatic nitrogens is 3. The molecule has 23 heavy (non-hydrogen) atoms. The van der Waals surface area contributed by atoms with E-state index >= 15 is 0 Å².